The number of aryl methyl sites for hydroxylation is 2. The first kappa shape index (κ1) is 20.8. The Kier molecular flexibility index (Phi) is 6.01. The van der Waals surface area contributed by atoms with E-state index < -0.39 is 22.6 Å². The molecule has 158 valence electrons. The van der Waals surface area contributed by atoms with E-state index in [4.69, 9.17) is 4.74 Å². The lowest BCUT2D eigenvalue weighted by Crippen LogP contribution is -2.36. The second kappa shape index (κ2) is 8.70. The molecule has 1 fully saturated rings. The molecule has 0 radical (unpaired) electrons. The Labute approximate surface area is 176 Å². The lowest BCUT2D eigenvalue weighted by atomic mass is 10.0. The largest absolute Gasteiger partial charge is 0.454 e. The number of carbonyl (C=O) groups excluding carboxylic acids is 2. The van der Waals surface area contributed by atoms with E-state index in [0.717, 1.165) is 38.5 Å². The molecular weight excluding hydrogens is 402 g/mol. The van der Waals surface area contributed by atoms with Crippen molar-refractivity contribution in [2.24, 2.45) is 0 Å². The predicted molar refractivity (Wildman–Crippen MR) is 112 cm³/mol. The van der Waals surface area contributed by atoms with Crippen molar-refractivity contribution in [1.82, 2.24) is 4.31 Å². The summed E-state index contributed by atoms with van der Waals surface area (Å²) in [6, 6.07) is 11.6. The number of rotatable bonds is 6. The molecule has 6 nitrogen and oxygen atoms in total. The summed E-state index contributed by atoms with van der Waals surface area (Å²) in [7, 11) is -3.79. The summed E-state index contributed by atoms with van der Waals surface area (Å²) >= 11 is 0. The molecule has 0 spiro atoms. The number of hydrogen-bond donors (Lipinski definition) is 0. The van der Waals surface area contributed by atoms with E-state index in [-0.39, 0.29) is 16.2 Å². The molecule has 30 heavy (non-hydrogen) atoms. The molecule has 2 aromatic rings. The minimum atomic E-state index is -3.79. The molecule has 1 aliphatic carbocycles. The van der Waals surface area contributed by atoms with Crippen LogP contribution in [0.5, 0.6) is 0 Å². The first-order valence-electron chi connectivity index (χ1n) is 10.4. The van der Waals surface area contributed by atoms with Crippen LogP contribution in [0.15, 0.2) is 47.4 Å². The van der Waals surface area contributed by atoms with Crippen molar-refractivity contribution in [2.45, 2.75) is 43.4 Å². The van der Waals surface area contributed by atoms with E-state index in [9.17, 15) is 18.0 Å². The quantitative estimate of drug-likeness (QED) is 0.521. The first-order chi connectivity index (χ1) is 14.5. The second-order valence-corrected chi connectivity index (χ2v) is 9.70. The topological polar surface area (TPSA) is 80.8 Å². The average molecular weight is 428 g/mol. The summed E-state index contributed by atoms with van der Waals surface area (Å²) in [5.41, 5.74) is 2.91. The number of hydrogen-bond acceptors (Lipinski definition) is 5. The van der Waals surface area contributed by atoms with Gasteiger partial charge in [-0.3, -0.25) is 4.79 Å². The van der Waals surface area contributed by atoms with Gasteiger partial charge in [-0.2, -0.15) is 4.31 Å². The van der Waals surface area contributed by atoms with Crippen LogP contribution < -0.4 is 0 Å². The monoisotopic (exact) mass is 427 g/mol. The fraction of sp³-hybridized carbons (Fsp3) is 0.391. The summed E-state index contributed by atoms with van der Waals surface area (Å²) in [6.07, 6.45) is 5.69. The number of ketones is 1. The van der Waals surface area contributed by atoms with Crippen molar-refractivity contribution in [3.8, 4) is 0 Å². The summed E-state index contributed by atoms with van der Waals surface area (Å²) in [5.74, 6) is -1.10. The molecule has 0 bridgehead atoms. The van der Waals surface area contributed by atoms with Crippen LogP contribution in [0.4, 0.5) is 0 Å². The van der Waals surface area contributed by atoms with E-state index in [0.29, 0.717) is 18.7 Å². The lowest BCUT2D eigenvalue weighted by molar-refractivity contribution is 0.0471. The van der Waals surface area contributed by atoms with Gasteiger partial charge in [0.1, 0.15) is 0 Å². The van der Waals surface area contributed by atoms with Crippen LogP contribution in [0.2, 0.25) is 0 Å². The maximum Gasteiger partial charge on any atom is 0.339 e. The summed E-state index contributed by atoms with van der Waals surface area (Å²) in [5, 5.41) is 0. The fourth-order valence-corrected chi connectivity index (χ4v) is 5.84. The minimum absolute atomic E-state index is 0.0372. The Morgan fingerprint density at radius 2 is 1.63 bits per heavy atom. The second-order valence-electron chi connectivity index (χ2n) is 7.80. The molecule has 1 saturated heterocycles. The average Bonchev–Trinajstić information content (AvgIpc) is 3.25. The van der Waals surface area contributed by atoms with Gasteiger partial charge in [0.25, 0.3) is 0 Å². The first-order valence-corrected chi connectivity index (χ1v) is 11.8. The number of nitrogens with zero attached hydrogens (tertiary/aromatic N) is 1. The summed E-state index contributed by atoms with van der Waals surface area (Å²) < 4.78 is 32.7. The van der Waals surface area contributed by atoms with Crippen LogP contribution in [0, 0.1) is 0 Å². The Morgan fingerprint density at radius 1 is 0.900 bits per heavy atom. The van der Waals surface area contributed by atoms with Gasteiger partial charge in [-0.05, 0) is 61.4 Å². The normalized spacial score (nSPS) is 16.8. The zero-order valence-electron chi connectivity index (χ0n) is 16.8. The molecule has 7 heteroatoms. The van der Waals surface area contributed by atoms with Gasteiger partial charge in [-0.15, -0.1) is 0 Å². The third kappa shape index (κ3) is 4.18. The predicted octanol–water partition coefficient (Wildman–Crippen LogP) is 3.39. The van der Waals surface area contributed by atoms with Crippen molar-refractivity contribution < 1.29 is 22.7 Å². The Morgan fingerprint density at radius 3 is 2.43 bits per heavy atom. The highest BCUT2D eigenvalue weighted by molar-refractivity contribution is 7.89. The molecule has 4 rings (SSSR count). The SMILES string of the molecule is O=C(COC(=O)c1ccccc1S(=O)(=O)N1CCCCC1)c1ccc2c(c1)CCC2. The molecule has 0 N–H and O–H groups in total. The molecule has 1 aliphatic heterocycles. The number of piperidine rings is 1. The van der Waals surface area contributed by atoms with Crippen LogP contribution >= 0.6 is 0 Å². The fourth-order valence-electron chi connectivity index (χ4n) is 4.14. The van der Waals surface area contributed by atoms with Gasteiger partial charge in [0, 0.05) is 18.7 Å². The van der Waals surface area contributed by atoms with E-state index in [1.807, 2.05) is 12.1 Å². The van der Waals surface area contributed by atoms with Gasteiger partial charge >= 0.3 is 5.97 Å². The van der Waals surface area contributed by atoms with Gasteiger partial charge in [0.15, 0.2) is 12.4 Å². The van der Waals surface area contributed by atoms with Crippen molar-refractivity contribution in [3.63, 3.8) is 0 Å². The maximum atomic E-state index is 13.0. The molecule has 1 heterocycles. The lowest BCUT2D eigenvalue weighted by Gasteiger charge is -2.26. The van der Waals surface area contributed by atoms with Crippen LogP contribution in [0.3, 0.4) is 0 Å². The number of Topliss-reactive ketones (excluding diaryl/α,β-unsaturated/α-hetero) is 1. The molecule has 0 atom stereocenters. The number of fused-ring (bicyclic) bond motifs is 1. The van der Waals surface area contributed by atoms with Crippen molar-refractivity contribution >= 4 is 21.8 Å². The highest BCUT2D eigenvalue weighted by Gasteiger charge is 2.30. The standard InChI is InChI=1S/C23H25NO5S/c25-21(19-12-11-17-7-6-8-18(17)15-19)16-29-23(26)20-9-2-3-10-22(20)30(27,28)24-13-4-1-5-14-24/h2-3,9-12,15H,1,4-8,13-14,16H2. The maximum absolute atomic E-state index is 13.0. The van der Waals surface area contributed by atoms with Crippen LogP contribution in [0.25, 0.3) is 0 Å². The van der Waals surface area contributed by atoms with Crippen LogP contribution in [-0.2, 0) is 27.6 Å². The van der Waals surface area contributed by atoms with E-state index in [2.05, 4.69) is 0 Å². The summed E-state index contributed by atoms with van der Waals surface area (Å²) in [4.78, 5) is 25.1. The van der Waals surface area contributed by atoms with Gasteiger partial charge in [0.05, 0.1) is 10.5 Å². The number of carbonyl (C=O) groups is 2. The third-order valence-electron chi connectivity index (χ3n) is 5.79. The molecule has 2 aromatic carbocycles. The third-order valence-corrected chi connectivity index (χ3v) is 7.75. The zero-order chi connectivity index (χ0) is 21.1. The van der Waals surface area contributed by atoms with Crippen LogP contribution in [0.1, 0.15) is 57.5 Å². The van der Waals surface area contributed by atoms with Gasteiger partial charge in [0.2, 0.25) is 10.0 Å². The van der Waals surface area contributed by atoms with Gasteiger partial charge in [-0.25, -0.2) is 13.2 Å². The van der Waals surface area contributed by atoms with Crippen molar-refractivity contribution in [3.05, 3.63) is 64.7 Å². The summed E-state index contributed by atoms with van der Waals surface area (Å²) in [6.45, 7) is 0.473. The Hall–Kier alpha value is -2.51. The van der Waals surface area contributed by atoms with Crippen LogP contribution in [-0.4, -0.2) is 44.2 Å². The van der Waals surface area contributed by atoms with E-state index in [1.54, 1.807) is 18.2 Å². The molecule has 0 saturated carbocycles. The van der Waals surface area contributed by atoms with Gasteiger partial charge in [-0.1, -0.05) is 30.7 Å². The minimum Gasteiger partial charge on any atom is -0.454 e. The van der Waals surface area contributed by atoms with E-state index >= 15 is 0 Å². The Balaban J connectivity index is 1.48. The van der Waals surface area contributed by atoms with E-state index in [1.165, 1.54) is 27.6 Å². The van der Waals surface area contributed by atoms with Crippen molar-refractivity contribution in [1.29, 1.82) is 0 Å². The molecule has 0 aromatic heterocycles. The number of sulfonamides is 1. The number of benzene rings is 2. The van der Waals surface area contributed by atoms with Crippen molar-refractivity contribution in [2.75, 3.05) is 19.7 Å². The smallest absolute Gasteiger partial charge is 0.339 e. The number of esters is 1. The zero-order valence-corrected chi connectivity index (χ0v) is 17.6. The number of ether oxygens (including phenoxy) is 1. The Bertz CT molecular complexity index is 1070. The molecular formula is C23H25NO5S. The highest BCUT2D eigenvalue weighted by atomic mass is 32.2. The molecule has 0 unspecified atom stereocenters. The highest BCUT2D eigenvalue weighted by Crippen LogP contribution is 2.25. The molecule has 0 amide bonds. The molecule has 2 aliphatic rings. The van der Waals surface area contributed by atoms with Gasteiger partial charge < -0.3 is 4.74 Å².